The Hall–Kier alpha value is -2.91. The van der Waals surface area contributed by atoms with Crippen LogP contribution in [0, 0.1) is 0 Å². The molecule has 1 fully saturated rings. The first-order chi connectivity index (χ1) is 15.1. The van der Waals surface area contributed by atoms with Crippen molar-refractivity contribution in [3.63, 3.8) is 0 Å². The second-order valence-corrected chi connectivity index (χ2v) is 9.35. The lowest BCUT2D eigenvalue weighted by atomic mass is 10.2. The minimum absolute atomic E-state index is 0.246. The van der Waals surface area contributed by atoms with Gasteiger partial charge in [0, 0.05) is 18.7 Å². The van der Waals surface area contributed by atoms with Gasteiger partial charge < -0.3 is 14.6 Å². The molecule has 0 radical (unpaired) electrons. The average Bonchev–Trinajstić information content (AvgIpc) is 3.10. The van der Waals surface area contributed by atoms with Gasteiger partial charge in [0.05, 0.1) is 24.2 Å². The van der Waals surface area contributed by atoms with E-state index in [-0.39, 0.29) is 11.4 Å². The predicted molar refractivity (Wildman–Crippen MR) is 117 cm³/mol. The Morgan fingerprint density at radius 2 is 1.81 bits per heavy atom. The standard InChI is InChI=1S/C22H26N4O4S/c1-29-20-12-11-18(31(27,28)26-13-7-2-3-8-14-26)15-19(20)23-16-21-24-22(30-25-21)17-9-5-4-6-10-17/h4-6,9-12,15,23H,2-3,7-8,13-14,16H2,1H3. The van der Waals surface area contributed by atoms with Crippen LogP contribution in [0.15, 0.2) is 57.9 Å². The summed E-state index contributed by atoms with van der Waals surface area (Å²) in [4.78, 5) is 4.64. The molecular formula is C22H26N4O4S. The van der Waals surface area contributed by atoms with E-state index in [0.29, 0.717) is 36.2 Å². The first kappa shape index (κ1) is 21.3. The van der Waals surface area contributed by atoms with Gasteiger partial charge in [-0.15, -0.1) is 0 Å². The van der Waals surface area contributed by atoms with Crippen molar-refractivity contribution < 1.29 is 17.7 Å². The second-order valence-electron chi connectivity index (χ2n) is 7.42. The Balaban J connectivity index is 1.52. The summed E-state index contributed by atoms with van der Waals surface area (Å²) in [6.07, 6.45) is 3.92. The third-order valence-electron chi connectivity index (χ3n) is 5.30. The van der Waals surface area contributed by atoms with Gasteiger partial charge in [0.2, 0.25) is 10.0 Å². The largest absolute Gasteiger partial charge is 0.495 e. The van der Waals surface area contributed by atoms with E-state index in [2.05, 4.69) is 15.5 Å². The summed E-state index contributed by atoms with van der Waals surface area (Å²) in [6, 6.07) is 14.4. The van der Waals surface area contributed by atoms with Gasteiger partial charge in [-0.2, -0.15) is 9.29 Å². The molecule has 0 amide bonds. The molecule has 1 saturated heterocycles. The Labute approximate surface area is 182 Å². The van der Waals surface area contributed by atoms with Crippen LogP contribution < -0.4 is 10.1 Å². The number of sulfonamides is 1. The number of hydrogen-bond acceptors (Lipinski definition) is 7. The molecule has 164 valence electrons. The van der Waals surface area contributed by atoms with Crippen LogP contribution in [0.25, 0.3) is 11.5 Å². The van der Waals surface area contributed by atoms with Gasteiger partial charge in [-0.25, -0.2) is 8.42 Å². The zero-order valence-electron chi connectivity index (χ0n) is 17.5. The molecule has 0 aliphatic carbocycles. The highest BCUT2D eigenvalue weighted by molar-refractivity contribution is 7.89. The van der Waals surface area contributed by atoms with Crippen LogP contribution in [0.1, 0.15) is 31.5 Å². The topological polar surface area (TPSA) is 97.6 Å². The third kappa shape index (κ3) is 4.88. The van der Waals surface area contributed by atoms with E-state index in [9.17, 15) is 8.42 Å². The molecular weight excluding hydrogens is 416 g/mol. The Morgan fingerprint density at radius 3 is 2.52 bits per heavy atom. The Morgan fingerprint density at radius 1 is 1.06 bits per heavy atom. The number of benzene rings is 2. The molecule has 8 nitrogen and oxygen atoms in total. The molecule has 3 aromatic rings. The highest BCUT2D eigenvalue weighted by Crippen LogP contribution is 2.30. The number of rotatable bonds is 7. The summed E-state index contributed by atoms with van der Waals surface area (Å²) in [6.45, 7) is 1.38. The smallest absolute Gasteiger partial charge is 0.257 e. The van der Waals surface area contributed by atoms with E-state index in [1.807, 2.05) is 30.3 Å². The van der Waals surface area contributed by atoms with Crippen LogP contribution >= 0.6 is 0 Å². The summed E-state index contributed by atoms with van der Waals surface area (Å²) >= 11 is 0. The van der Waals surface area contributed by atoms with Gasteiger partial charge in [0.15, 0.2) is 5.82 Å². The number of nitrogens with zero attached hydrogens (tertiary/aromatic N) is 3. The fourth-order valence-electron chi connectivity index (χ4n) is 3.61. The van der Waals surface area contributed by atoms with Crippen molar-refractivity contribution in [1.29, 1.82) is 0 Å². The molecule has 2 aromatic carbocycles. The lowest BCUT2D eigenvalue weighted by Crippen LogP contribution is -2.32. The molecule has 4 rings (SSSR count). The highest BCUT2D eigenvalue weighted by atomic mass is 32.2. The van der Waals surface area contributed by atoms with Crippen molar-refractivity contribution in [2.24, 2.45) is 0 Å². The van der Waals surface area contributed by atoms with E-state index in [1.165, 1.54) is 0 Å². The number of methoxy groups -OCH3 is 1. The molecule has 0 unspecified atom stereocenters. The zero-order chi connectivity index (χ0) is 21.7. The number of nitrogens with one attached hydrogen (secondary N) is 1. The van der Waals surface area contributed by atoms with Crippen molar-refractivity contribution in [3.05, 3.63) is 54.4 Å². The van der Waals surface area contributed by atoms with Crippen molar-refractivity contribution in [3.8, 4) is 17.2 Å². The average molecular weight is 443 g/mol. The molecule has 0 spiro atoms. The van der Waals surface area contributed by atoms with Crippen LogP contribution in [0.5, 0.6) is 5.75 Å². The zero-order valence-corrected chi connectivity index (χ0v) is 18.3. The minimum Gasteiger partial charge on any atom is -0.495 e. The van der Waals surface area contributed by atoms with E-state index >= 15 is 0 Å². The fraction of sp³-hybridized carbons (Fsp3) is 0.364. The SMILES string of the molecule is COc1ccc(S(=O)(=O)N2CCCCCC2)cc1NCc1noc(-c2ccccc2)n1. The van der Waals surface area contributed by atoms with Gasteiger partial charge in [-0.3, -0.25) is 0 Å². The summed E-state index contributed by atoms with van der Waals surface area (Å²) < 4.78 is 38.6. The maximum absolute atomic E-state index is 13.1. The van der Waals surface area contributed by atoms with E-state index in [0.717, 1.165) is 31.2 Å². The maximum Gasteiger partial charge on any atom is 0.257 e. The van der Waals surface area contributed by atoms with Gasteiger partial charge in [0.25, 0.3) is 5.89 Å². The molecule has 2 heterocycles. The van der Waals surface area contributed by atoms with E-state index < -0.39 is 10.0 Å². The first-order valence-electron chi connectivity index (χ1n) is 10.4. The quantitative estimate of drug-likeness (QED) is 0.592. The first-order valence-corrected chi connectivity index (χ1v) is 11.8. The fourth-order valence-corrected chi connectivity index (χ4v) is 5.16. The van der Waals surface area contributed by atoms with Crippen molar-refractivity contribution >= 4 is 15.7 Å². The highest BCUT2D eigenvalue weighted by Gasteiger charge is 2.26. The predicted octanol–water partition coefficient (Wildman–Crippen LogP) is 3.92. The maximum atomic E-state index is 13.1. The van der Waals surface area contributed by atoms with E-state index in [1.54, 1.807) is 29.6 Å². The van der Waals surface area contributed by atoms with Crippen LogP contribution in [-0.2, 0) is 16.6 Å². The molecule has 1 aromatic heterocycles. The summed E-state index contributed by atoms with van der Waals surface area (Å²) in [5.74, 6) is 1.44. The lowest BCUT2D eigenvalue weighted by molar-refractivity contribution is 0.414. The van der Waals surface area contributed by atoms with Crippen LogP contribution in [0.3, 0.4) is 0 Å². The van der Waals surface area contributed by atoms with Crippen molar-refractivity contribution in [2.45, 2.75) is 37.1 Å². The summed E-state index contributed by atoms with van der Waals surface area (Å²) in [5.41, 5.74) is 1.40. The molecule has 0 bridgehead atoms. The molecule has 1 N–H and O–H groups in total. The summed E-state index contributed by atoms with van der Waals surface area (Å²) in [5, 5.41) is 7.18. The number of aromatic nitrogens is 2. The van der Waals surface area contributed by atoms with Gasteiger partial charge in [-0.05, 0) is 43.2 Å². The third-order valence-corrected chi connectivity index (χ3v) is 7.19. The van der Waals surface area contributed by atoms with Gasteiger partial charge in [-0.1, -0.05) is 36.2 Å². The van der Waals surface area contributed by atoms with Crippen LogP contribution in [-0.4, -0.2) is 43.1 Å². The monoisotopic (exact) mass is 442 g/mol. The van der Waals surface area contributed by atoms with Gasteiger partial charge >= 0.3 is 0 Å². The number of hydrogen-bond donors (Lipinski definition) is 1. The van der Waals surface area contributed by atoms with Crippen LogP contribution in [0.2, 0.25) is 0 Å². The molecule has 31 heavy (non-hydrogen) atoms. The van der Waals surface area contributed by atoms with Gasteiger partial charge in [0.1, 0.15) is 5.75 Å². The van der Waals surface area contributed by atoms with Crippen molar-refractivity contribution in [1.82, 2.24) is 14.4 Å². The second kappa shape index (κ2) is 9.49. The molecule has 1 aliphatic heterocycles. The Bertz CT molecular complexity index is 1110. The minimum atomic E-state index is -3.56. The molecule has 1 aliphatic rings. The molecule has 0 saturated carbocycles. The molecule has 9 heteroatoms. The van der Waals surface area contributed by atoms with E-state index in [4.69, 9.17) is 9.26 Å². The number of ether oxygens (including phenoxy) is 1. The van der Waals surface area contributed by atoms with Crippen molar-refractivity contribution in [2.75, 3.05) is 25.5 Å². The lowest BCUT2D eigenvalue weighted by Gasteiger charge is -2.21. The normalized spacial score (nSPS) is 15.4. The Kier molecular flexibility index (Phi) is 6.53. The molecule has 0 atom stereocenters. The summed E-state index contributed by atoms with van der Waals surface area (Å²) in [7, 11) is -2.01. The van der Waals surface area contributed by atoms with Crippen LogP contribution in [0.4, 0.5) is 5.69 Å². The number of anilines is 1.